The highest BCUT2D eigenvalue weighted by Crippen LogP contribution is 2.23. The third-order valence-corrected chi connectivity index (χ3v) is 4.02. The number of carbonyl (C=O) groups excluding carboxylic acids is 1. The SMILES string of the molecule is Cc1ccc(NC(=O)c2ccn(Cn3cc([N+](=O)[O-])cn3)n2)c(Br)c1. The summed E-state index contributed by atoms with van der Waals surface area (Å²) in [5.41, 5.74) is 1.85. The molecular formula is C15H13BrN6O3. The lowest BCUT2D eigenvalue weighted by Crippen LogP contribution is -2.15. The van der Waals surface area contributed by atoms with E-state index in [-0.39, 0.29) is 24.0 Å². The van der Waals surface area contributed by atoms with Gasteiger partial charge in [0.15, 0.2) is 5.69 Å². The zero-order valence-electron chi connectivity index (χ0n) is 13.1. The molecule has 2 aromatic heterocycles. The van der Waals surface area contributed by atoms with Crippen molar-refractivity contribution in [2.75, 3.05) is 5.32 Å². The van der Waals surface area contributed by atoms with Crippen molar-refractivity contribution in [1.82, 2.24) is 19.6 Å². The zero-order valence-corrected chi connectivity index (χ0v) is 14.7. The maximum Gasteiger partial charge on any atom is 0.307 e. The second-order valence-electron chi connectivity index (χ2n) is 5.31. The number of anilines is 1. The average molecular weight is 405 g/mol. The van der Waals surface area contributed by atoms with Crippen LogP contribution < -0.4 is 5.32 Å². The molecule has 0 aliphatic rings. The van der Waals surface area contributed by atoms with E-state index in [1.54, 1.807) is 18.3 Å². The molecule has 1 amide bonds. The molecule has 1 aromatic carbocycles. The minimum Gasteiger partial charge on any atom is -0.320 e. The smallest absolute Gasteiger partial charge is 0.307 e. The van der Waals surface area contributed by atoms with Gasteiger partial charge in [0.2, 0.25) is 0 Å². The summed E-state index contributed by atoms with van der Waals surface area (Å²) in [6.07, 6.45) is 4.06. The van der Waals surface area contributed by atoms with E-state index in [9.17, 15) is 14.9 Å². The second kappa shape index (κ2) is 6.85. The second-order valence-corrected chi connectivity index (χ2v) is 6.17. The lowest BCUT2D eigenvalue weighted by Gasteiger charge is -2.06. The zero-order chi connectivity index (χ0) is 18.0. The molecule has 0 fully saturated rings. The van der Waals surface area contributed by atoms with Gasteiger partial charge in [0.25, 0.3) is 5.91 Å². The van der Waals surface area contributed by atoms with Crippen LogP contribution in [0.5, 0.6) is 0 Å². The van der Waals surface area contributed by atoms with E-state index < -0.39 is 4.92 Å². The van der Waals surface area contributed by atoms with Gasteiger partial charge in [-0.15, -0.1) is 0 Å². The predicted molar refractivity (Wildman–Crippen MR) is 93.3 cm³/mol. The van der Waals surface area contributed by atoms with Crippen molar-refractivity contribution in [3.8, 4) is 0 Å². The minimum absolute atomic E-state index is 0.102. The molecule has 0 atom stereocenters. The molecule has 1 N–H and O–H groups in total. The highest BCUT2D eigenvalue weighted by Gasteiger charge is 2.13. The number of aromatic nitrogens is 4. The van der Waals surface area contributed by atoms with Gasteiger partial charge in [-0.1, -0.05) is 6.07 Å². The summed E-state index contributed by atoms with van der Waals surface area (Å²) in [6.45, 7) is 2.12. The van der Waals surface area contributed by atoms with E-state index in [4.69, 9.17) is 0 Å². The summed E-state index contributed by atoms with van der Waals surface area (Å²) in [4.78, 5) is 22.4. The van der Waals surface area contributed by atoms with Crippen LogP contribution in [0.25, 0.3) is 0 Å². The third kappa shape index (κ3) is 3.91. The molecule has 2 heterocycles. The Balaban J connectivity index is 1.69. The fraction of sp³-hybridized carbons (Fsp3) is 0.133. The largest absolute Gasteiger partial charge is 0.320 e. The fourth-order valence-corrected chi connectivity index (χ4v) is 2.73. The first kappa shape index (κ1) is 16.8. The minimum atomic E-state index is -0.523. The van der Waals surface area contributed by atoms with Crippen molar-refractivity contribution in [2.24, 2.45) is 0 Å². The molecule has 3 rings (SSSR count). The molecule has 0 saturated carbocycles. The highest BCUT2D eigenvalue weighted by atomic mass is 79.9. The Kier molecular flexibility index (Phi) is 4.61. The van der Waals surface area contributed by atoms with Crippen LogP contribution in [-0.2, 0) is 6.67 Å². The Hall–Kier alpha value is -3.01. The van der Waals surface area contributed by atoms with Crippen molar-refractivity contribution in [1.29, 1.82) is 0 Å². The Morgan fingerprint density at radius 2 is 2.16 bits per heavy atom. The van der Waals surface area contributed by atoms with Crippen molar-refractivity contribution in [2.45, 2.75) is 13.6 Å². The molecular weight excluding hydrogens is 392 g/mol. The van der Waals surface area contributed by atoms with Gasteiger partial charge < -0.3 is 5.32 Å². The van der Waals surface area contributed by atoms with Gasteiger partial charge in [-0.3, -0.25) is 19.6 Å². The lowest BCUT2D eigenvalue weighted by atomic mass is 10.2. The molecule has 0 unspecified atom stereocenters. The Bertz CT molecular complexity index is 948. The van der Waals surface area contributed by atoms with Crippen LogP contribution in [0.3, 0.4) is 0 Å². The van der Waals surface area contributed by atoms with E-state index in [2.05, 4.69) is 31.4 Å². The van der Waals surface area contributed by atoms with Crippen molar-refractivity contribution in [3.05, 3.63) is 68.7 Å². The average Bonchev–Trinajstić information content (AvgIpc) is 3.20. The summed E-state index contributed by atoms with van der Waals surface area (Å²) in [6, 6.07) is 7.16. The molecule has 0 aliphatic carbocycles. The van der Waals surface area contributed by atoms with Gasteiger partial charge in [-0.2, -0.15) is 10.2 Å². The molecule has 0 saturated heterocycles. The van der Waals surface area contributed by atoms with E-state index >= 15 is 0 Å². The molecule has 128 valence electrons. The quantitative estimate of drug-likeness (QED) is 0.519. The molecule has 25 heavy (non-hydrogen) atoms. The van der Waals surface area contributed by atoms with Gasteiger partial charge >= 0.3 is 5.69 Å². The number of benzene rings is 1. The maximum atomic E-state index is 12.3. The summed E-state index contributed by atoms with van der Waals surface area (Å²) in [7, 11) is 0. The van der Waals surface area contributed by atoms with Gasteiger partial charge in [0.1, 0.15) is 19.1 Å². The topological polar surface area (TPSA) is 108 Å². The molecule has 10 heteroatoms. The maximum absolute atomic E-state index is 12.3. The number of nitrogens with zero attached hydrogens (tertiary/aromatic N) is 5. The Labute approximate surface area is 150 Å². The van der Waals surface area contributed by atoms with Crippen LogP contribution in [0, 0.1) is 17.0 Å². The number of halogens is 1. The van der Waals surface area contributed by atoms with Crippen LogP contribution in [0.1, 0.15) is 16.1 Å². The number of aryl methyl sites for hydroxylation is 1. The molecule has 0 bridgehead atoms. The number of hydrogen-bond acceptors (Lipinski definition) is 5. The first-order valence-electron chi connectivity index (χ1n) is 7.20. The van der Waals surface area contributed by atoms with Crippen molar-refractivity contribution >= 4 is 33.2 Å². The predicted octanol–water partition coefficient (Wildman–Crippen LogP) is 2.82. The van der Waals surface area contributed by atoms with Crippen LogP contribution in [0.15, 0.2) is 47.3 Å². The van der Waals surface area contributed by atoms with Crippen LogP contribution >= 0.6 is 15.9 Å². The van der Waals surface area contributed by atoms with E-state index in [0.29, 0.717) is 5.69 Å². The normalized spacial score (nSPS) is 10.6. The number of nitro groups is 1. The molecule has 9 nitrogen and oxygen atoms in total. The van der Waals surface area contributed by atoms with Gasteiger partial charge in [-0.05, 0) is 46.6 Å². The van der Waals surface area contributed by atoms with Crippen molar-refractivity contribution < 1.29 is 9.72 Å². The third-order valence-electron chi connectivity index (χ3n) is 3.37. The number of hydrogen-bond donors (Lipinski definition) is 1. The number of carbonyl (C=O) groups is 1. The Morgan fingerprint density at radius 1 is 1.36 bits per heavy atom. The van der Waals surface area contributed by atoms with Crippen LogP contribution in [-0.4, -0.2) is 30.4 Å². The summed E-state index contributed by atoms with van der Waals surface area (Å²) in [5, 5.41) is 21.5. The summed E-state index contributed by atoms with van der Waals surface area (Å²) < 4.78 is 3.61. The monoisotopic (exact) mass is 404 g/mol. The highest BCUT2D eigenvalue weighted by molar-refractivity contribution is 9.10. The Morgan fingerprint density at radius 3 is 2.84 bits per heavy atom. The molecule has 0 spiro atoms. The standard InChI is InChI=1S/C15H13BrN6O3/c1-10-2-3-13(12(16)6-10)18-15(23)14-4-5-20(19-14)9-21-8-11(7-17-21)22(24)25/h2-8H,9H2,1H3,(H,18,23). The number of nitrogens with one attached hydrogen (secondary N) is 1. The lowest BCUT2D eigenvalue weighted by molar-refractivity contribution is -0.385. The van der Waals surface area contributed by atoms with Crippen molar-refractivity contribution in [3.63, 3.8) is 0 Å². The summed E-state index contributed by atoms with van der Waals surface area (Å²) >= 11 is 3.40. The van der Waals surface area contributed by atoms with E-state index in [1.165, 1.54) is 15.6 Å². The first-order chi connectivity index (χ1) is 11.9. The van der Waals surface area contributed by atoms with Gasteiger partial charge in [0.05, 0.1) is 10.6 Å². The van der Waals surface area contributed by atoms with E-state index in [1.807, 2.05) is 19.1 Å². The van der Waals surface area contributed by atoms with Crippen LogP contribution in [0.4, 0.5) is 11.4 Å². The number of amides is 1. The first-order valence-corrected chi connectivity index (χ1v) is 7.99. The van der Waals surface area contributed by atoms with Crippen LogP contribution in [0.2, 0.25) is 0 Å². The number of rotatable bonds is 5. The van der Waals surface area contributed by atoms with E-state index in [0.717, 1.165) is 16.2 Å². The van der Waals surface area contributed by atoms with Gasteiger partial charge in [0, 0.05) is 10.7 Å². The molecule has 0 aliphatic heterocycles. The molecule has 0 radical (unpaired) electrons. The fourth-order valence-electron chi connectivity index (χ4n) is 2.14. The van der Waals surface area contributed by atoms with Gasteiger partial charge in [-0.25, -0.2) is 4.68 Å². The molecule has 3 aromatic rings. The summed E-state index contributed by atoms with van der Waals surface area (Å²) in [5.74, 6) is -0.352.